The van der Waals surface area contributed by atoms with Crippen LogP contribution < -0.4 is 15.8 Å². The van der Waals surface area contributed by atoms with Gasteiger partial charge in [-0.05, 0) is 5.56 Å². The molecule has 0 bridgehead atoms. The lowest BCUT2D eigenvalue weighted by atomic mass is 9.89. The van der Waals surface area contributed by atoms with Crippen molar-refractivity contribution in [2.45, 2.75) is 5.92 Å². The van der Waals surface area contributed by atoms with Crippen LogP contribution in [-0.2, 0) is 4.79 Å². The number of carbonyl (C=O) groups excluding carboxylic acids is 1. The summed E-state index contributed by atoms with van der Waals surface area (Å²) in [5, 5.41) is 3.17. The highest BCUT2D eigenvalue weighted by Gasteiger charge is 2.32. The minimum absolute atomic E-state index is 0.121. The molecule has 1 aliphatic rings. The first kappa shape index (κ1) is 10.9. The Bertz CT molecular complexity index is 377. The zero-order valence-corrected chi connectivity index (χ0v) is 9.14. The van der Waals surface area contributed by atoms with E-state index in [-0.39, 0.29) is 17.7 Å². The van der Waals surface area contributed by atoms with Gasteiger partial charge in [0.2, 0.25) is 11.8 Å². The molecule has 2 atom stereocenters. The Morgan fingerprint density at radius 3 is 2.94 bits per heavy atom. The number of carbonyl (C=O) groups is 1. The molecule has 16 heavy (non-hydrogen) atoms. The lowest BCUT2D eigenvalue weighted by Crippen LogP contribution is -2.28. The van der Waals surface area contributed by atoms with Crippen LogP contribution in [0.1, 0.15) is 11.5 Å². The van der Waals surface area contributed by atoms with Crippen molar-refractivity contribution in [3.05, 3.63) is 23.9 Å². The Hall–Kier alpha value is -1.62. The Balaban J connectivity index is 2.19. The molecule has 1 aromatic heterocycles. The molecular formula is C11H15N3O2. The average Bonchev–Trinajstić information content (AvgIpc) is 2.78. The molecule has 1 aliphatic heterocycles. The fraction of sp³-hybridized carbons (Fsp3) is 0.455. The summed E-state index contributed by atoms with van der Waals surface area (Å²) in [5.74, 6) is 0.294. The van der Waals surface area contributed by atoms with Crippen molar-refractivity contribution < 1.29 is 9.53 Å². The number of rotatable bonds is 3. The highest BCUT2D eigenvalue weighted by Crippen LogP contribution is 2.27. The normalized spacial score (nSPS) is 24.3. The number of nitrogens with one attached hydrogen (secondary N) is 1. The van der Waals surface area contributed by atoms with Gasteiger partial charge in [-0.25, -0.2) is 4.98 Å². The molecule has 1 fully saturated rings. The summed E-state index contributed by atoms with van der Waals surface area (Å²) in [5.41, 5.74) is 6.38. The lowest BCUT2D eigenvalue weighted by Gasteiger charge is -2.15. The van der Waals surface area contributed by atoms with Gasteiger partial charge in [0, 0.05) is 31.3 Å². The van der Waals surface area contributed by atoms with Gasteiger partial charge in [-0.2, -0.15) is 0 Å². The molecule has 5 heteroatoms. The SMILES string of the molecule is COc1ccc(C2CNCC2C(N)=O)cn1. The third kappa shape index (κ3) is 1.99. The first-order valence-corrected chi connectivity index (χ1v) is 5.22. The molecule has 2 rings (SSSR count). The van der Waals surface area contributed by atoms with E-state index in [0.717, 1.165) is 12.1 Å². The second kappa shape index (κ2) is 4.49. The molecular weight excluding hydrogens is 206 g/mol. The van der Waals surface area contributed by atoms with Gasteiger partial charge in [-0.3, -0.25) is 4.79 Å². The van der Waals surface area contributed by atoms with Crippen molar-refractivity contribution >= 4 is 5.91 Å². The van der Waals surface area contributed by atoms with Crippen molar-refractivity contribution in [1.82, 2.24) is 10.3 Å². The van der Waals surface area contributed by atoms with Crippen LogP contribution in [0.3, 0.4) is 0 Å². The van der Waals surface area contributed by atoms with E-state index >= 15 is 0 Å². The molecule has 2 unspecified atom stereocenters. The highest BCUT2D eigenvalue weighted by molar-refractivity contribution is 5.78. The van der Waals surface area contributed by atoms with E-state index < -0.39 is 0 Å². The predicted octanol–water partition coefficient (Wildman–Crippen LogP) is -0.121. The second-order valence-electron chi connectivity index (χ2n) is 3.91. The maximum atomic E-state index is 11.2. The number of nitrogens with zero attached hydrogens (tertiary/aromatic N) is 1. The van der Waals surface area contributed by atoms with Crippen LogP contribution in [0.25, 0.3) is 0 Å². The summed E-state index contributed by atoms with van der Waals surface area (Å²) in [6.07, 6.45) is 1.74. The number of nitrogens with two attached hydrogens (primary N) is 1. The fourth-order valence-electron chi connectivity index (χ4n) is 2.06. The van der Waals surface area contributed by atoms with Crippen LogP contribution in [0, 0.1) is 5.92 Å². The van der Waals surface area contributed by atoms with Gasteiger partial charge in [-0.15, -0.1) is 0 Å². The summed E-state index contributed by atoms with van der Waals surface area (Å²) >= 11 is 0. The van der Waals surface area contributed by atoms with Gasteiger partial charge in [0.05, 0.1) is 13.0 Å². The number of amides is 1. The number of hydrogen-bond donors (Lipinski definition) is 2. The van der Waals surface area contributed by atoms with Gasteiger partial charge >= 0.3 is 0 Å². The lowest BCUT2D eigenvalue weighted by molar-refractivity contribution is -0.121. The van der Waals surface area contributed by atoms with E-state index in [0.29, 0.717) is 12.4 Å². The fourth-order valence-corrected chi connectivity index (χ4v) is 2.06. The van der Waals surface area contributed by atoms with E-state index in [4.69, 9.17) is 10.5 Å². The van der Waals surface area contributed by atoms with Gasteiger partial charge < -0.3 is 15.8 Å². The van der Waals surface area contributed by atoms with Gasteiger partial charge in [0.15, 0.2) is 0 Å². The number of hydrogen-bond acceptors (Lipinski definition) is 4. The minimum Gasteiger partial charge on any atom is -0.481 e. The van der Waals surface area contributed by atoms with E-state index in [1.807, 2.05) is 6.07 Å². The number of ether oxygens (including phenoxy) is 1. The summed E-state index contributed by atoms with van der Waals surface area (Å²) < 4.78 is 4.99. The molecule has 5 nitrogen and oxygen atoms in total. The van der Waals surface area contributed by atoms with Gasteiger partial charge in [0.25, 0.3) is 0 Å². The van der Waals surface area contributed by atoms with Crippen LogP contribution in [0.2, 0.25) is 0 Å². The van der Waals surface area contributed by atoms with E-state index in [9.17, 15) is 4.79 Å². The molecule has 1 amide bonds. The predicted molar refractivity (Wildman–Crippen MR) is 59.1 cm³/mol. The second-order valence-corrected chi connectivity index (χ2v) is 3.91. The number of pyridine rings is 1. The first-order chi connectivity index (χ1) is 7.72. The molecule has 0 saturated carbocycles. The summed E-state index contributed by atoms with van der Waals surface area (Å²) in [6, 6.07) is 3.73. The van der Waals surface area contributed by atoms with Crippen LogP contribution in [-0.4, -0.2) is 31.1 Å². The first-order valence-electron chi connectivity index (χ1n) is 5.22. The highest BCUT2D eigenvalue weighted by atomic mass is 16.5. The van der Waals surface area contributed by atoms with E-state index in [1.165, 1.54) is 0 Å². The number of methoxy groups -OCH3 is 1. The maximum absolute atomic E-state index is 11.2. The molecule has 1 aromatic rings. The summed E-state index contributed by atoms with van der Waals surface area (Å²) in [7, 11) is 1.57. The largest absolute Gasteiger partial charge is 0.481 e. The van der Waals surface area contributed by atoms with Crippen molar-refractivity contribution in [1.29, 1.82) is 0 Å². The van der Waals surface area contributed by atoms with Crippen molar-refractivity contribution in [2.75, 3.05) is 20.2 Å². The van der Waals surface area contributed by atoms with E-state index in [2.05, 4.69) is 10.3 Å². The zero-order valence-electron chi connectivity index (χ0n) is 9.14. The molecule has 0 aliphatic carbocycles. The maximum Gasteiger partial charge on any atom is 0.222 e. The van der Waals surface area contributed by atoms with E-state index in [1.54, 1.807) is 19.4 Å². The minimum atomic E-state index is -0.259. The molecule has 3 N–H and O–H groups in total. The molecule has 0 aromatic carbocycles. The van der Waals surface area contributed by atoms with Crippen LogP contribution >= 0.6 is 0 Å². The quantitative estimate of drug-likeness (QED) is 0.746. The standard InChI is InChI=1S/C11H15N3O2/c1-16-10-3-2-7(4-14-10)8-5-13-6-9(8)11(12)15/h2-4,8-9,13H,5-6H2,1H3,(H2,12,15). The number of aromatic nitrogens is 1. The zero-order chi connectivity index (χ0) is 11.5. The third-order valence-corrected chi connectivity index (χ3v) is 2.98. The Kier molecular flexibility index (Phi) is 3.05. The Morgan fingerprint density at radius 2 is 2.38 bits per heavy atom. The summed E-state index contributed by atoms with van der Waals surface area (Å²) in [4.78, 5) is 15.4. The van der Waals surface area contributed by atoms with Crippen molar-refractivity contribution in [3.63, 3.8) is 0 Å². The molecule has 1 saturated heterocycles. The summed E-state index contributed by atoms with van der Waals surface area (Å²) in [6.45, 7) is 1.41. The average molecular weight is 221 g/mol. The van der Waals surface area contributed by atoms with Crippen molar-refractivity contribution in [2.24, 2.45) is 11.7 Å². The molecule has 0 radical (unpaired) electrons. The Morgan fingerprint density at radius 1 is 1.56 bits per heavy atom. The van der Waals surface area contributed by atoms with Crippen LogP contribution in [0.4, 0.5) is 0 Å². The molecule has 86 valence electrons. The smallest absolute Gasteiger partial charge is 0.222 e. The topological polar surface area (TPSA) is 77.2 Å². The molecule has 2 heterocycles. The number of primary amides is 1. The molecule has 0 spiro atoms. The van der Waals surface area contributed by atoms with Crippen LogP contribution in [0.15, 0.2) is 18.3 Å². The van der Waals surface area contributed by atoms with Crippen LogP contribution in [0.5, 0.6) is 5.88 Å². The Labute approximate surface area is 94.0 Å². The van der Waals surface area contributed by atoms with Gasteiger partial charge in [-0.1, -0.05) is 6.07 Å². The monoisotopic (exact) mass is 221 g/mol. The van der Waals surface area contributed by atoms with Crippen molar-refractivity contribution in [3.8, 4) is 5.88 Å². The third-order valence-electron chi connectivity index (χ3n) is 2.98. The van der Waals surface area contributed by atoms with Gasteiger partial charge in [0.1, 0.15) is 0 Å².